The number of pyridine rings is 1. The van der Waals surface area contributed by atoms with Crippen LogP contribution in [0.1, 0.15) is 6.42 Å². The van der Waals surface area contributed by atoms with Gasteiger partial charge in [0.1, 0.15) is 5.82 Å². The third-order valence-corrected chi connectivity index (χ3v) is 8.60. The molecule has 2 saturated heterocycles. The maximum Gasteiger partial charge on any atom is 0.243 e. The average molecular weight is 437 g/mol. The van der Waals surface area contributed by atoms with Crippen molar-refractivity contribution in [3.05, 3.63) is 48.7 Å². The normalized spacial score (nSPS) is 20.2. The first-order valence-electron chi connectivity index (χ1n) is 9.11. The first kappa shape index (κ1) is 19.8. The van der Waals surface area contributed by atoms with Gasteiger partial charge in [-0.3, -0.25) is 4.79 Å². The molecule has 0 unspecified atom stereocenters. The second-order valence-corrected chi connectivity index (χ2v) is 10.7. The lowest BCUT2D eigenvalue weighted by Crippen LogP contribution is -2.48. The van der Waals surface area contributed by atoms with Gasteiger partial charge in [-0.25, -0.2) is 26.1 Å². The smallest absolute Gasteiger partial charge is 0.243 e. The third kappa shape index (κ3) is 3.72. The Labute approximate surface area is 169 Å². The first-order valence-corrected chi connectivity index (χ1v) is 12.2. The lowest BCUT2D eigenvalue weighted by atomic mass is 10.3. The van der Waals surface area contributed by atoms with Gasteiger partial charge in [-0.15, -0.1) is 0 Å². The number of carbonyl (C=O) groups is 1. The van der Waals surface area contributed by atoms with Crippen LogP contribution in [0.3, 0.4) is 0 Å². The lowest BCUT2D eigenvalue weighted by Gasteiger charge is -2.34. The Kier molecular flexibility index (Phi) is 5.05. The van der Waals surface area contributed by atoms with Crippen molar-refractivity contribution < 1.29 is 21.6 Å². The molecule has 1 amide bonds. The van der Waals surface area contributed by atoms with Crippen LogP contribution in [-0.4, -0.2) is 64.0 Å². The summed E-state index contributed by atoms with van der Waals surface area (Å²) in [5.74, 6) is 0.0727. The minimum absolute atomic E-state index is 0.0663. The molecule has 0 N–H and O–H groups in total. The molecule has 3 heterocycles. The molecular formula is C18H20N4O5S2. The van der Waals surface area contributed by atoms with Gasteiger partial charge in [0.2, 0.25) is 26.0 Å². The highest BCUT2D eigenvalue weighted by Gasteiger charge is 2.36. The van der Waals surface area contributed by atoms with Gasteiger partial charge >= 0.3 is 0 Å². The van der Waals surface area contributed by atoms with Gasteiger partial charge in [0.25, 0.3) is 0 Å². The minimum atomic E-state index is -3.72. The summed E-state index contributed by atoms with van der Waals surface area (Å²) in [6, 6.07) is 11.0. The largest absolute Gasteiger partial charge is 0.354 e. The van der Waals surface area contributed by atoms with Gasteiger partial charge in [-0.05, 0) is 36.4 Å². The molecule has 154 valence electrons. The van der Waals surface area contributed by atoms with Crippen LogP contribution < -0.4 is 9.21 Å². The Morgan fingerprint density at radius 1 is 0.931 bits per heavy atom. The molecule has 2 aliphatic rings. The van der Waals surface area contributed by atoms with Crippen molar-refractivity contribution in [2.45, 2.75) is 11.3 Å². The summed E-state index contributed by atoms with van der Waals surface area (Å²) < 4.78 is 52.1. The van der Waals surface area contributed by atoms with E-state index in [-0.39, 0.29) is 22.8 Å². The highest BCUT2D eigenvalue weighted by Crippen LogP contribution is 2.27. The summed E-state index contributed by atoms with van der Waals surface area (Å²) in [7, 11) is -7.39. The van der Waals surface area contributed by atoms with Crippen molar-refractivity contribution in [3.63, 3.8) is 0 Å². The standard InChI is InChI=1S/C18H20N4O5S2/c23-18-8-14-28(24,25)22(18)15-4-6-16(7-5-15)29(26,27)21-12-10-20(11-13-21)17-3-1-2-9-19-17/h1-7,9H,8,10-14H2. The molecule has 0 spiro atoms. The molecule has 1 aromatic carbocycles. The zero-order valence-electron chi connectivity index (χ0n) is 15.5. The van der Waals surface area contributed by atoms with Crippen LogP contribution in [0.25, 0.3) is 0 Å². The van der Waals surface area contributed by atoms with Gasteiger partial charge < -0.3 is 4.90 Å². The quantitative estimate of drug-likeness (QED) is 0.693. The summed E-state index contributed by atoms with van der Waals surface area (Å²) >= 11 is 0. The Balaban J connectivity index is 1.49. The molecule has 2 fully saturated rings. The molecule has 1 aromatic heterocycles. The summed E-state index contributed by atoms with van der Waals surface area (Å²) in [6.45, 7) is 1.68. The third-order valence-electron chi connectivity index (χ3n) is 5.00. The van der Waals surface area contributed by atoms with Crippen LogP contribution in [0.4, 0.5) is 11.5 Å². The Morgan fingerprint density at radius 2 is 1.62 bits per heavy atom. The number of hydrogen-bond acceptors (Lipinski definition) is 7. The van der Waals surface area contributed by atoms with Gasteiger partial charge in [-0.2, -0.15) is 4.31 Å². The molecule has 0 radical (unpaired) electrons. The molecule has 0 bridgehead atoms. The number of hydrogen-bond donors (Lipinski definition) is 0. The number of carbonyl (C=O) groups excluding carboxylic acids is 1. The van der Waals surface area contributed by atoms with Crippen LogP contribution in [0.15, 0.2) is 53.6 Å². The monoisotopic (exact) mass is 436 g/mol. The van der Waals surface area contributed by atoms with Gasteiger partial charge in [0.15, 0.2) is 0 Å². The van der Waals surface area contributed by atoms with Crippen LogP contribution in [0.5, 0.6) is 0 Å². The van der Waals surface area contributed by atoms with E-state index < -0.39 is 26.0 Å². The van der Waals surface area contributed by atoms with E-state index >= 15 is 0 Å². The minimum Gasteiger partial charge on any atom is -0.354 e. The summed E-state index contributed by atoms with van der Waals surface area (Å²) in [5.41, 5.74) is 0.159. The van der Waals surface area contributed by atoms with Crippen LogP contribution in [0, 0.1) is 0 Å². The van der Waals surface area contributed by atoms with Crippen molar-refractivity contribution in [1.82, 2.24) is 9.29 Å². The van der Waals surface area contributed by atoms with E-state index in [0.717, 1.165) is 10.1 Å². The van der Waals surface area contributed by atoms with Gasteiger partial charge in [0, 0.05) is 38.8 Å². The average Bonchev–Trinajstić information content (AvgIpc) is 3.01. The fourth-order valence-corrected chi connectivity index (χ4v) is 6.35. The second kappa shape index (κ2) is 7.39. The SMILES string of the molecule is O=C1CCS(=O)(=O)N1c1ccc(S(=O)(=O)N2CCN(c3ccccn3)CC2)cc1. The maximum atomic E-state index is 12.9. The number of anilines is 2. The zero-order chi connectivity index (χ0) is 20.6. The Bertz CT molecular complexity index is 1110. The molecule has 11 heteroatoms. The van der Waals surface area contributed by atoms with E-state index in [1.54, 1.807) is 6.20 Å². The number of nitrogens with zero attached hydrogens (tertiary/aromatic N) is 4. The van der Waals surface area contributed by atoms with E-state index in [0.29, 0.717) is 26.2 Å². The highest BCUT2D eigenvalue weighted by molar-refractivity contribution is 7.94. The molecule has 2 aliphatic heterocycles. The maximum absolute atomic E-state index is 12.9. The highest BCUT2D eigenvalue weighted by atomic mass is 32.2. The molecular weight excluding hydrogens is 416 g/mol. The number of piperazine rings is 1. The fraction of sp³-hybridized carbons (Fsp3) is 0.333. The van der Waals surface area contributed by atoms with Crippen LogP contribution >= 0.6 is 0 Å². The van der Waals surface area contributed by atoms with E-state index in [9.17, 15) is 21.6 Å². The predicted molar refractivity (Wildman–Crippen MR) is 108 cm³/mol. The number of aromatic nitrogens is 1. The van der Waals surface area contributed by atoms with Crippen molar-refractivity contribution in [2.75, 3.05) is 41.1 Å². The summed E-state index contributed by atoms with van der Waals surface area (Å²) in [4.78, 5) is 18.3. The Hall–Kier alpha value is -2.50. The molecule has 9 nitrogen and oxygen atoms in total. The Morgan fingerprint density at radius 3 is 2.17 bits per heavy atom. The molecule has 0 saturated carbocycles. The van der Waals surface area contributed by atoms with Crippen molar-refractivity contribution in [2.24, 2.45) is 0 Å². The fourth-order valence-electron chi connectivity index (χ4n) is 3.47. The number of amides is 1. The molecule has 0 aliphatic carbocycles. The summed E-state index contributed by atoms with van der Waals surface area (Å²) in [5, 5.41) is 0. The number of benzene rings is 1. The van der Waals surface area contributed by atoms with Crippen LogP contribution in [0.2, 0.25) is 0 Å². The number of rotatable bonds is 4. The second-order valence-electron chi connectivity index (χ2n) is 6.80. The van der Waals surface area contributed by atoms with Crippen LogP contribution in [-0.2, 0) is 24.8 Å². The molecule has 29 heavy (non-hydrogen) atoms. The van der Waals surface area contributed by atoms with E-state index in [1.165, 1.54) is 28.6 Å². The molecule has 0 atom stereocenters. The van der Waals surface area contributed by atoms with E-state index in [1.807, 2.05) is 23.1 Å². The number of sulfonamides is 2. The summed E-state index contributed by atoms with van der Waals surface area (Å²) in [6.07, 6.45) is 1.63. The first-order chi connectivity index (χ1) is 13.8. The van der Waals surface area contributed by atoms with Crippen molar-refractivity contribution in [1.29, 1.82) is 0 Å². The predicted octanol–water partition coefficient (Wildman–Crippen LogP) is 0.659. The topological polar surface area (TPSA) is 108 Å². The van der Waals surface area contributed by atoms with Gasteiger partial charge in [0.05, 0.1) is 16.3 Å². The van der Waals surface area contributed by atoms with E-state index in [2.05, 4.69) is 4.98 Å². The van der Waals surface area contributed by atoms with Crippen molar-refractivity contribution >= 4 is 37.5 Å². The van der Waals surface area contributed by atoms with Crippen molar-refractivity contribution in [3.8, 4) is 0 Å². The molecule has 4 rings (SSSR count). The van der Waals surface area contributed by atoms with E-state index in [4.69, 9.17) is 0 Å². The van der Waals surface area contributed by atoms with Gasteiger partial charge in [-0.1, -0.05) is 6.07 Å². The lowest BCUT2D eigenvalue weighted by molar-refractivity contribution is -0.116. The zero-order valence-corrected chi connectivity index (χ0v) is 17.1. The molecule has 2 aromatic rings.